The number of hydrogen-bond acceptors (Lipinski definition) is 3. The highest BCUT2D eigenvalue weighted by Gasteiger charge is 2.09. The molecule has 1 heterocycles. The Kier molecular flexibility index (Phi) is 5.05. The second-order valence-electron chi connectivity index (χ2n) is 5.92. The molecule has 0 atom stereocenters. The van der Waals surface area contributed by atoms with E-state index in [0.717, 1.165) is 11.3 Å². The number of nitrogens with zero attached hydrogens (tertiary/aromatic N) is 3. The molecule has 0 saturated carbocycles. The summed E-state index contributed by atoms with van der Waals surface area (Å²) in [6.45, 7) is 0.677. The molecule has 0 fully saturated rings. The molecule has 0 radical (unpaired) electrons. The third-order valence-corrected chi connectivity index (χ3v) is 4.11. The van der Waals surface area contributed by atoms with Crippen LogP contribution in [0.4, 0.5) is 11.4 Å². The van der Waals surface area contributed by atoms with E-state index in [1.807, 2.05) is 72.3 Å². The molecule has 2 aromatic carbocycles. The largest absolute Gasteiger partial charge is 0.376 e. The molecule has 0 saturated heterocycles. The quantitative estimate of drug-likeness (QED) is 0.756. The van der Waals surface area contributed by atoms with Crippen molar-refractivity contribution >= 4 is 28.9 Å². The Morgan fingerprint density at radius 1 is 1.20 bits per heavy atom. The van der Waals surface area contributed by atoms with E-state index in [-0.39, 0.29) is 5.91 Å². The van der Waals surface area contributed by atoms with Gasteiger partial charge in [-0.2, -0.15) is 5.10 Å². The van der Waals surface area contributed by atoms with Crippen LogP contribution in [-0.2, 0) is 6.54 Å². The molecule has 0 bridgehead atoms. The third kappa shape index (κ3) is 4.19. The van der Waals surface area contributed by atoms with Gasteiger partial charge in [0.05, 0.1) is 17.3 Å². The van der Waals surface area contributed by atoms with Gasteiger partial charge in [0.25, 0.3) is 5.91 Å². The third-order valence-electron chi connectivity index (χ3n) is 3.81. The van der Waals surface area contributed by atoms with Gasteiger partial charge in [-0.1, -0.05) is 23.7 Å². The van der Waals surface area contributed by atoms with Crippen LogP contribution in [-0.4, -0.2) is 29.8 Å². The molecule has 25 heavy (non-hydrogen) atoms. The zero-order valence-corrected chi connectivity index (χ0v) is 14.9. The Hall–Kier alpha value is -2.79. The molecule has 1 N–H and O–H groups in total. The van der Waals surface area contributed by atoms with Crippen LogP contribution >= 0.6 is 11.6 Å². The van der Waals surface area contributed by atoms with Crippen LogP contribution < -0.4 is 10.2 Å². The zero-order valence-electron chi connectivity index (χ0n) is 14.1. The number of carbonyl (C=O) groups is 1. The molecular formula is C19H19ClN4O. The maximum Gasteiger partial charge on any atom is 0.255 e. The first-order chi connectivity index (χ1) is 12.0. The molecule has 3 rings (SSSR count). The fraction of sp³-hybridized carbons (Fsp3) is 0.158. The highest BCUT2D eigenvalue weighted by molar-refractivity contribution is 6.33. The first-order valence-electron chi connectivity index (χ1n) is 7.87. The SMILES string of the molecule is CN(C)c1ccc(NC(=O)c2ccc(Cn3cccn3)cc2)cc1Cl. The Morgan fingerprint density at radius 2 is 1.96 bits per heavy atom. The van der Waals surface area contributed by atoms with Gasteiger partial charge in [-0.25, -0.2) is 0 Å². The minimum atomic E-state index is -0.167. The zero-order chi connectivity index (χ0) is 17.8. The molecule has 3 aromatic rings. The molecule has 128 valence electrons. The molecular weight excluding hydrogens is 336 g/mol. The van der Waals surface area contributed by atoms with Crippen LogP contribution in [0.15, 0.2) is 60.9 Å². The predicted molar refractivity (Wildman–Crippen MR) is 102 cm³/mol. The Labute approximate surface area is 151 Å². The van der Waals surface area contributed by atoms with Gasteiger partial charge in [0.2, 0.25) is 0 Å². The first kappa shape index (κ1) is 17.0. The molecule has 1 aromatic heterocycles. The lowest BCUT2D eigenvalue weighted by Crippen LogP contribution is -2.13. The molecule has 0 unspecified atom stereocenters. The van der Waals surface area contributed by atoms with Crippen molar-refractivity contribution in [2.75, 3.05) is 24.3 Å². The van der Waals surface area contributed by atoms with E-state index >= 15 is 0 Å². The number of rotatable bonds is 5. The molecule has 0 aliphatic heterocycles. The second kappa shape index (κ2) is 7.40. The van der Waals surface area contributed by atoms with Gasteiger partial charge in [-0.05, 0) is 42.0 Å². The van der Waals surface area contributed by atoms with Gasteiger partial charge in [-0.3, -0.25) is 9.48 Å². The van der Waals surface area contributed by atoms with Crippen LogP contribution in [0.5, 0.6) is 0 Å². The van der Waals surface area contributed by atoms with Gasteiger partial charge in [0.15, 0.2) is 0 Å². The Balaban J connectivity index is 1.68. The maximum absolute atomic E-state index is 12.4. The summed E-state index contributed by atoms with van der Waals surface area (Å²) in [7, 11) is 3.84. The number of benzene rings is 2. The van der Waals surface area contributed by atoms with E-state index in [2.05, 4.69) is 10.4 Å². The summed E-state index contributed by atoms with van der Waals surface area (Å²) in [6.07, 6.45) is 3.65. The number of aromatic nitrogens is 2. The number of carbonyl (C=O) groups excluding carboxylic acids is 1. The van der Waals surface area contributed by atoms with E-state index in [1.54, 1.807) is 12.3 Å². The van der Waals surface area contributed by atoms with Crippen molar-refractivity contribution in [1.29, 1.82) is 0 Å². The summed E-state index contributed by atoms with van der Waals surface area (Å²) >= 11 is 6.24. The molecule has 1 amide bonds. The number of nitrogens with one attached hydrogen (secondary N) is 1. The van der Waals surface area contributed by atoms with E-state index in [0.29, 0.717) is 22.8 Å². The van der Waals surface area contributed by atoms with Gasteiger partial charge < -0.3 is 10.2 Å². The summed E-state index contributed by atoms with van der Waals surface area (Å²) in [5, 5.41) is 7.64. The fourth-order valence-corrected chi connectivity index (χ4v) is 2.84. The van der Waals surface area contributed by atoms with Crippen LogP contribution in [0.25, 0.3) is 0 Å². The summed E-state index contributed by atoms with van der Waals surface area (Å²) < 4.78 is 1.84. The Morgan fingerprint density at radius 3 is 2.56 bits per heavy atom. The van der Waals surface area contributed by atoms with Crippen molar-refractivity contribution in [2.45, 2.75) is 6.54 Å². The molecule has 6 heteroatoms. The summed E-state index contributed by atoms with van der Waals surface area (Å²) in [5.41, 5.74) is 3.25. The second-order valence-corrected chi connectivity index (χ2v) is 6.32. The molecule has 0 spiro atoms. The van der Waals surface area contributed by atoms with Gasteiger partial charge in [0, 0.05) is 37.7 Å². The van der Waals surface area contributed by atoms with Gasteiger partial charge in [-0.15, -0.1) is 0 Å². The standard InChI is InChI=1S/C19H19ClN4O/c1-23(2)18-9-8-16(12-17(18)20)22-19(25)15-6-4-14(5-7-15)13-24-11-3-10-21-24/h3-12H,13H2,1-2H3,(H,22,25). The average molecular weight is 355 g/mol. The van der Waals surface area contributed by atoms with Crippen molar-refractivity contribution in [3.8, 4) is 0 Å². The highest BCUT2D eigenvalue weighted by Crippen LogP contribution is 2.27. The van der Waals surface area contributed by atoms with Crippen LogP contribution in [0.2, 0.25) is 5.02 Å². The summed E-state index contributed by atoms with van der Waals surface area (Å²) in [6, 6.07) is 14.8. The monoisotopic (exact) mass is 354 g/mol. The van der Waals surface area contributed by atoms with E-state index < -0.39 is 0 Å². The summed E-state index contributed by atoms with van der Waals surface area (Å²) in [5.74, 6) is -0.167. The van der Waals surface area contributed by atoms with E-state index in [9.17, 15) is 4.79 Å². The summed E-state index contributed by atoms with van der Waals surface area (Å²) in [4.78, 5) is 14.3. The lowest BCUT2D eigenvalue weighted by molar-refractivity contribution is 0.102. The molecule has 0 aliphatic rings. The van der Waals surface area contributed by atoms with Crippen LogP contribution in [0, 0.1) is 0 Å². The van der Waals surface area contributed by atoms with Crippen LogP contribution in [0.3, 0.4) is 0 Å². The smallest absolute Gasteiger partial charge is 0.255 e. The maximum atomic E-state index is 12.4. The molecule has 0 aliphatic carbocycles. The number of halogens is 1. The highest BCUT2D eigenvalue weighted by atomic mass is 35.5. The van der Waals surface area contributed by atoms with Gasteiger partial charge in [0.1, 0.15) is 0 Å². The first-order valence-corrected chi connectivity index (χ1v) is 8.25. The number of anilines is 2. The van der Waals surface area contributed by atoms with E-state index in [4.69, 9.17) is 11.6 Å². The normalized spacial score (nSPS) is 10.5. The van der Waals surface area contributed by atoms with Crippen LogP contribution in [0.1, 0.15) is 15.9 Å². The average Bonchev–Trinajstić information content (AvgIpc) is 3.08. The fourth-order valence-electron chi connectivity index (χ4n) is 2.49. The van der Waals surface area contributed by atoms with Crippen molar-refractivity contribution in [3.63, 3.8) is 0 Å². The van der Waals surface area contributed by atoms with Crippen molar-refractivity contribution in [3.05, 3.63) is 77.1 Å². The minimum Gasteiger partial charge on any atom is -0.376 e. The van der Waals surface area contributed by atoms with Gasteiger partial charge >= 0.3 is 0 Å². The number of amides is 1. The topological polar surface area (TPSA) is 50.2 Å². The predicted octanol–water partition coefficient (Wildman–Crippen LogP) is 3.90. The van der Waals surface area contributed by atoms with E-state index in [1.165, 1.54) is 0 Å². The van der Waals surface area contributed by atoms with Crippen molar-refractivity contribution in [2.24, 2.45) is 0 Å². The number of hydrogen-bond donors (Lipinski definition) is 1. The minimum absolute atomic E-state index is 0.167. The van der Waals surface area contributed by atoms with Crippen molar-refractivity contribution in [1.82, 2.24) is 9.78 Å². The Bertz CT molecular complexity index is 858. The van der Waals surface area contributed by atoms with Crippen molar-refractivity contribution < 1.29 is 4.79 Å². The molecule has 5 nitrogen and oxygen atoms in total. The lowest BCUT2D eigenvalue weighted by atomic mass is 10.1. The lowest BCUT2D eigenvalue weighted by Gasteiger charge is -2.15.